The summed E-state index contributed by atoms with van der Waals surface area (Å²) in [6.07, 6.45) is 13.2. The fraction of sp³-hybridized carbons (Fsp3) is 0.295. The molecule has 0 atom stereocenters. The molecule has 46 heavy (non-hydrogen) atoms. The number of rotatable bonds is 15. The summed E-state index contributed by atoms with van der Waals surface area (Å²) in [4.78, 5) is 14.3. The van der Waals surface area contributed by atoms with Crippen molar-refractivity contribution in [3.63, 3.8) is 0 Å². The molecular formula is C44H47NO. The number of aldehydes is 1. The van der Waals surface area contributed by atoms with Crippen LogP contribution >= 0.6 is 0 Å². The minimum atomic E-state index is -0.0570. The van der Waals surface area contributed by atoms with E-state index >= 15 is 0 Å². The maximum atomic E-state index is 12.0. The van der Waals surface area contributed by atoms with Gasteiger partial charge in [0.15, 0.2) is 0 Å². The molecule has 0 aromatic heterocycles. The van der Waals surface area contributed by atoms with Gasteiger partial charge in [0.05, 0.1) is 0 Å². The highest BCUT2D eigenvalue weighted by Gasteiger charge is 2.42. The van der Waals surface area contributed by atoms with Crippen LogP contribution in [0.25, 0.3) is 22.3 Å². The molecule has 0 aliphatic heterocycles. The first-order valence-corrected chi connectivity index (χ1v) is 17.4. The van der Waals surface area contributed by atoms with Crippen molar-refractivity contribution >= 4 is 23.3 Å². The highest BCUT2D eigenvalue weighted by molar-refractivity contribution is 5.87. The number of carbonyl (C=O) groups excluding carboxylic acids is 1. The summed E-state index contributed by atoms with van der Waals surface area (Å²) >= 11 is 0. The Kier molecular flexibility index (Phi) is 10.1. The maximum Gasteiger partial charge on any atom is 0.150 e. The molecule has 5 aromatic carbocycles. The SMILES string of the molecule is CCCCCCC1(CCCCCC)c2cc(C=O)ccc2-c2ccc(-c3ccc(N(c4ccccc4)c4ccccc4)cc3)cc21. The fourth-order valence-corrected chi connectivity index (χ4v) is 7.54. The largest absolute Gasteiger partial charge is 0.311 e. The quantitative estimate of drug-likeness (QED) is 0.0874. The zero-order chi connectivity index (χ0) is 31.8. The lowest BCUT2D eigenvalue weighted by Gasteiger charge is -2.33. The Morgan fingerprint density at radius 2 is 1.02 bits per heavy atom. The molecule has 234 valence electrons. The Labute approximate surface area is 276 Å². The van der Waals surface area contributed by atoms with Crippen molar-refractivity contribution in [1.29, 1.82) is 0 Å². The van der Waals surface area contributed by atoms with Crippen LogP contribution in [0, 0.1) is 0 Å². The van der Waals surface area contributed by atoms with Crippen LogP contribution in [0.4, 0.5) is 17.1 Å². The summed E-state index contributed by atoms with van der Waals surface area (Å²) in [6.45, 7) is 4.57. The van der Waals surface area contributed by atoms with E-state index in [1.165, 1.54) is 84.7 Å². The molecular weight excluding hydrogens is 558 g/mol. The zero-order valence-corrected chi connectivity index (χ0v) is 27.6. The van der Waals surface area contributed by atoms with Crippen LogP contribution in [0.1, 0.15) is 99.5 Å². The van der Waals surface area contributed by atoms with E-state index in [0.717, 1.165) is 41.8 Å². The number of carbonyl (C=O) groups is 1. The van der Waals surface area contributed by atoms with E-state index in [0.29, 0.717) is 0 Å². The second-order valence-electron chi connectivity index (χ2n) is 12.9. The van der Waals surface area contributed by atoms with Crippen LogP contribution in [-0.2, 0) is 5.41 Å². The van der Waals surface area contributed by atoms with Gasteiger partial charge in [-0.2, -0.15) is 0 Å². The highest BCUT2D eigenvalue weighted by atomic mass is 16.1. The van der Waals surface area contributed by atoms with Gasteiger partial charge in [-0.05, 0) is 94.8 Å². The van der Waals surface area contributed by atoms with Crippen LogP contribution in [0.5, 0.6) is 0 Å². The van der Waals surface area contributed by atoms with Crippen LogP contribution in [0.3, 0.4) is 0 Å². The highest BCUT2D eigenvalue weighted by Crippen LogP contribution is 2.55. The molecule has 0 bridgehead atoms. The molecule has 0 amide bonds. The first-order valence-electron chi connectivity index (χ1n) is 17.4. The van der Waals surface area contributed by atoms with Gasteiger partial charge in [0.1, 0.15) is 6.29 Å². The van der Waals surface area contributed by atoms with Gasteiger partial charge in [0, 0.05) is 28.0 Å². The van der Waals surface area contributed by atoms with E-state index in [9.17, 15) is 4.79 Å². The molecule has 0 unspecified atom stereocenters. The molecule has 6 rings (SSSR count). The lowest BCUT2D eigenvalue weighted by Crippen LogP contribution is -2.26. The van der Waals surface area contributed by atoms with Crippen LogP contribution < -0.4 is 4.90 Å². The number of benzene rings is 5. The average molecular weight is 606 g/mol. The second kappa shape index (κ2) is 14.8. The minimum Gasteiger partial charge on any atom is -0.311 e. The monoisotopic (exact) mass is 605 g/mol. The second-order valence-corrected chi connectivity index (χ2v) is 12.9. The molecule has 0 spiro atoms. The molecule has 1 aliphatic carbocycles. The summed E-state index contributed by atoms with van der Waals surface area (Å²) in [5, 5.41) is 0. The third-order valence-corrected chi connectivity index (χ3v) is 9.92. The van der Waals surface area contributed by atoms with Crippen LogP contribution in [0.2, 0.25) is 0 Å². The topological polar surface area (TPSA) is 20.3 Å². The van der Waals surface area contributed by atoms with Gasteiger partial charge in [-0.1, -0.05) is 138 Å². The number of fused-ring (bicyclic) bond motifs is 3. The minimum absolute atomic E-state index is 0.0570. The Balaban J connectivity index is 1.40. The molecule has 2 nitrogen and oxygen atoms in total. The van der Waals surface area contributed by atoms with E-state index in [1.807, 2.05) is 6.07 Å². The van der Waals surface area contributed by atoms with Gasteiger partial charge in [-0.3, -0.25) is 4.79 Å². The Bertz CT molecular complexity index is 1670. The third-order valence-electron chi connectivity index (χ3n) is 9.92. The van der Waals surface area contributed by atoms with Gasteiger partial charge in [-0.25, -0.2) is 0 Å². The lowest BCUT2D eigenvalue weighted by molar-refractivity contribution is 0.112. The van der Waals surface area contributed by atoms with E-state index in [4.69, 9.17) is 0 Å². The van der Waals surface area contributed by atoms with Crippen molar-refractivity contribution < 1.29 is 4.79 Å². The van der Waals surface area contributed by atoms with Crippen molar-refractivity contribution in [3.05, 3.63) is 138 Å². The Morgan fingerprint density at radius 3 is 1.57 bits per heavy atom. The number of hydrogen-bond donors (Lipinski definition) is 0. The van der Waals surface area contributed by atoms with Crippen molar-refractivity contribution in [1.82, 2.24) is 0 Å². The first-order chi connectivity index (χ1) is 22.7. The summed E-state index contributed by atoms with van der Waals surface area (Å²) in [5.41, 5.74) is 12.1. The summed E-state index contributed by atoms with van der Waals surface area (Å²) in [6, 6.07) is 43.7. The third kappa shape index (κ3) is 6.44. The van der Waals surface area contributed by atoms with Gasteiger partial charge in [0.2, 0.25) is 0 Å². The van der Waals surface area contributed by atoms with Crippen molar-refractivity contribution in [2.75, 3.05) is 4.90 Å². The van der Waals surface area contributed by atoms with Crippen LogP contribution in [-0.4, -0.2) is 6.29 Å². The summed E-state index contributed by atoms with van der Waals surface area (Å²) in [5.74, 6) is 0. The number of hydrogen-bond acceptors (Lipinski definition) is 2. The normalized spacial score (nSPS) is 12.8. The van der Waals surface area contributed by atoms with Gasteiger partial charge in [-0.15, -0.1) is 0 Å². The lowest BCUT2D eigenvalue weighted by atomic mass is 9.70. The van der Waals surface area contributed by atoms with Crippen LogP contribution in [0.15, 0.2) is 121 Å². The Morgan fingerprint density at radius 1 is 0.522 bits per heavy atom. The average Bonchev–Trinajstić information content (AvgIpc) is 3.38. The standard InChI is InChI=1S/C44H47NO/c1-3-5-7-15-29-44(30-16-8-6-4-2)42-31-34(33-46)21-27-40(42)41-28-24-36(32-43(41)44)35-22-25-39(26-23-35)45(37-17-11-9-12-18-37)38-19-13-10-14-20-38/h9-14,17-28,31-33H,3-8,15-16,29-30H2,1-2H3. The molecule has 0 fully saturated rings. The number of nitrogens with zero attached hydrogens (tertiary/aromatic N) is 1. The van der Waals surface area contributed by atoms with Crippen molar-refractivity contribution in [2.24, 2.45) is 0 Å². The number of para-hydroxylation sites is 2. The van der Waals surface area contributed by atoms with Gasteiger partial charge >= 0.3 is 0 Å². The first kappa shape index (κ1) is 31.5. The number of anilines is 3. The van der Waals surface area contributed by atoms with Crippen molar-refractivity contribution in [2.45, 2.75) is 83.5 Å². The van der Waals surface area contributed by atoms with E-state index in [2.05, 4.69) is 134 Å². The summed E-state index contributed by atoms with van der Waals surface area (Å²) in [7, 11) is 0. The van der Waals surface area contributed by atoms with Gasteiger partial charge in [0.25, 0.3) is 0 Å². The predicted octanol–water partition coefficient (Wildman–Crippen LogP) is 12.8. The molecule has 0 saturated carbocycles. The van der Waals surface area contributed by atoms with Crippen molar-refractivity contribution in [3.8, 4) is 22.3 Å². The molecule has 1 aliphatic rings. The molecule has 5 aromatic rings. The summed E-state index contributed by atoms with van der Waals surface area (Å²) < 4.78 is 0. The van der Waals surface area contributed by atoms with E-state index in [-0.39, 0.29) is 5.41 Å². The molecule has 0 saturated heterocycles. The Hall–Kier alpha value is -4.43. The zero-order valence-electron chi connectivity index (χ0n) is 27.6. The fourth-order valence-electron chi connectivity index (χ4n) is 7.54. The molecule has 0 N–H and O–H groups in total. The van der Waals surface area contributed by atoms with Gasteiger partial charge < -0.3 is 4.90 Å². The van der Waals surface area contributed by atoms with E-state index in [1.54, 1.807) is 0 Å². The molecule has 0 heterocycles. The molecule has 0 radical (unpaired) electrons. The number of unbranched alkanes of at least 4 members (excludes halogenated alkanes) is 6. The molecule has 2 heteroatoms. The van der Waals surface area contributed by atoms with E-state index < -0.39 is 0 Å². The maximum absolute atomic E-state index is 12.0. The smallest absolute Gasteiger partial charge is 0.150 e. The predicted molar refractivity (Wildman–Crippen MR) is 196 cm³/mol.